The van der Waals surface area contributed by atoms with Crippen molar-refractivity contribution in [2.75, 3.05) is 39.8 Å². The molecule has 160 valence electrons. The maximum absolute atomic E-state index is 12.8. The Labute approximate surface area is 176 Å². The van der Waals surface area contributed by atoms with Crippen LogP contribution in [0.2, 0.25) is 0 Å². The third-order valence-electron chi connectivity index (χ3n) is 5.29. The fourth-order valence-electron chi connectivity index (χ4n) is 3.41. The van der Waals surface area contributed by atoms with Crippen molar-refractivity contribution in [2.24, 2.45) is 0 Å². The summed E-state index contributed by atoms with van der Waals surface area (Å²) in [4.78, 5) is 14.8. The monoisotopic (exact) mass is 431 g/mol. The molecule has 1 amide bonds. The van der Waals surface area contributed by atoms with Crippen LogP contribution in [0.1, 0.15) is 5.56 Å². The fourth-order valence-corrected chi connectivity index (χ4v) is 4.83. The van der Waals surface area contributed by atoms with E-state index in [0.29, 0.717) is 24.6 Å². The number of piperazine rings is 1. The quantitative estimate of drug-likeness (QED) is 0.762. The molecule has 0 radical (unpaired) electrons. The predicted molar refractivity (Wildman–Crippen MR) is 111 cm³/mol. The first-order chi connectivity index (χ1) is 14.4. The van der Waals surface area contributed by atoms with E-state index in [0.717, 1.165) is 18.7 Å². The van der Waals surface area contributed by atoms with E-state index in [1.54, 1.807) is 36.4 Å². The topological polar surface area (TPSA) is 88.2 Å². The number of hydrogen-bond acceptors (Lipinski definition) is 6. The van der Waals surface area contributed by atoms with Crippen molar-refractivity contribution < 1.29 is 22.7 Å². The van der Waals surface area contributed by atoms with Gasteiger partial charge in [-0.3, -0.25) is 4.79 Å². The van der Waals surface area contributed by atoms with Gasteiger partial charge in [0.25, 0.3) is 5.91 Å². The van der Waals surface area contributed by atoms with Crippen molar-refractivity contribution in [3.63, 3.8) is 0 Å². The number of likely N-dealkylation sites (N-methyl/N-ethyl adjacent to an activating group) is 1. The van der Waals surface area contributed by atoms with Crippen LogP contribution in [-0.4, -0.2) is 69.5 Å². The first kappa shape index (κ1) is 20.6. The molecule has 1 unspecified atom stereocenters. The van der Waals surface area contributed by atoms with Crippen molar-refractivity contribution in [1.29, 1.82) is 0 Å². The molecular formula is C21H25N3O5S. The van der Waals surface area contributed by atoms with E-state index < -0.39 is 16.1 Å². The molecule has 1 N–H and O–H groups in total. The van der Waals surface area contributed by atoms with E-state index >= 15 is 0 Å². The van der Waals surface area contributed by atoms with Gasteiger partial charge in [-0.05, 0) is 36.9 Å². The van der Waals surface area contributed by atoms with Crippen molar-refractivity contribution in [1.82, 2.24) is 14.5 Å². The molecule has 0 spiro atoms. The van der Waals surface area contributed by atoms with E-state index in [2.05, 4.69) is 10.2 Å². The summed E-state index contributed by atoms with van der Waals surface area (Å²) in [5.74, 6) is 0.889. The zero-order valence-corrected chi connectivity index (χ0v) is 17.6. The van der Waals surface area contributed by atoms with Crippen LogP contribution in [0.3, 0.4) is 0 Å². The van der Waals surface area contributed by atoms with Gasteiger partial charge in [0, 0.05) is 32.7 Å². The van der Waals surface area contributed by atoms with Crippen LogP contribution >= 0.6 is 0 Å². The molecule has 2 aromatic carbocycles. The number of carbonyl (C=O) groups is 1. The van der Waals surface area contributed by atoms with Crippen LogP contribution in [-0.2, 0) is 21.4 Å². The maximum atomic E-state index is 12.8. The SMILES string of the molecule is CN1CCN(S(=O)(=O)c2ccc(CNC(=O)C3COc4ccccc4O3)cc2)CC1. The molecule has 1 atom stereocenters. The Morgan fingerprint density at radius 1 is 1.03 bits per heavy atom. The molecule has 1 fully saturated rings. The smallest absolute Gasteiger partial charge is 0.264 e. The highest BCUT2D eigenvalue weighted by atomic mass is 32.2. The molecule has 2 heterocycles. The number of fused-ring (bicyclic) bond motifs is 1. The summed E-state index contributed by atoms with van der Waals surface area (Å²) < 4.78 is 38.3. The average molecular weight is 432 g/mol. The fraction of sp³-hybridized carbons (Fsp3) is 0.381. The number of rotatable bonds is 5. The highest BCUT2D eigenvalue weighted by Crippen LogP contribution is 2.30. The zero-order valence-electron chi connectivity index (χ0n) is 16.8. The highest BCUT2D eigenvalue weighted by molar-refractivity contribution is 7.89. The third-order valence-corrected chi connectivity index (χ3v) is 7.20. The van der Waals surface area contributed by atoms with E-state index in [4.69, 9.17) is 9.47 Å². The van der Waals surface area contributed by atoms with Gasteiger partial charge in [0.1, 0.15) is 6.61 Å². The van der Waals surface area contributed by atoms with Gasteiger partial charge in [0.15, 0.2) is 11.5 Å². The van der Waals surface area contributed by atoms with Crippen molar-refractivity contribution in [3.05, 3.63) is 54.1 Å². The van der Waals surface area contributed by atoms with Crippen LogP contribution in [0, 0.1) is 0 Å². The highest BCUT2D eigenvalue weighted by Gasteiger charge is 2.28. The number of hydrogen-bond donors (Lipinski definition) is 1. The van der Waals surface area contributed by atoms with Crippen LogP contribution in [0.15, 0.2) is 53.4 Å². The molecule has 0 aliphatic carbocycles. The second-order valence-electron chi connectivity index (χ2n) is 7.43. The Hall–Kier alpha value is -2.62. The van der Waals surface area contributed by atoms with E-state index in [1.165, 1.54) is 4.31 Å². The van der Waals surface area contributed by atoms with E-state index in [1.807, 2.05) is 19.2 Å². The lowest BCUT2D eigenvalue weighted by Gasteiger charge is -2.31. The van der Waals surface area contributed by atoms with Crippen molar-refractivity contribution in [3.8, 4) is 11.5 Å². The number of carbonyl (C=O) groups excluding carboxylic acids is 1. The van der Waals surface area contributed by atoms with Gasteiger partial charge < -0.3 is 19.7 Å². The summed E-state index contributed by atoms with van der Waals surface area (Å²) >= 11 is 0. The van der Waals surface area contributed by atoms with Crippen molar-refractivity contribution in [2.45, 2.75) is 17.5 Å². The molecule has 0 bridgehead atoms. The van der Waals surface area contributed by atoms with Gasteiger partial charge in [-0.15, -0.1) is 0 Å². The summed E-state index contributed by atoms with van der Waals surface area (Å²) in [5, 5.41) is 2.82. The van der Waals surface area contributed by atoms with Gasteiger partial charge in [0.05, 0.1) is 4.90 Å². The Bertz CT molecular complexity index is 1000. The number of nitrogens with zero attached hydrogens (tertiary/aromatic N) is 2. The van der Waals surface area contributed by atoms with Gasteiger partial charge in [0.2, 0.25) is 16.1 Å². The van der Waals surface area contributed by atoms with Crippen LogP contribution in [0.25, 0.3) is 0 Å². The molecule has 4 rings (SSSR count). The number of amides is 1. The van der Waals surface area contributed by atoms with Crippen LogP contribution in [0.5, 0.6) is 11.5 Å². The summed E-state index contributed by atoms with van der Waals surface area (Å²) in [6, 6.07) is 13.8. The van der Waals surface area contributed by atoms with Gasteiger partial charge in [-0.2, -0.15) is 4.31 Å². The summed E-state index contributed by atoms with van der Waals surface area (Å²) in [6.45, 7) is 2.84. The van der Waals surface area contributed by atoms with Gasteiger partial charge in [-0.25, -0.2) is 8.42 Å². The van der Waals surface area contributed by atoms with Gasteiger partial charge in [-0.1, -0.05) is 24.3 Å². The summed E-state index contributed by atoms with van der Waals surface area (Å²) in [7, 11) is -1.51. The minimum atomic E-state index is -3.50. The van der Waals surface area contributed by atoms with Crippen LogP contribution in [0.4, 0.5) is 0 Å². The molecule has 30 heavy (non-hydrogen) atoms. The van der Waals surface area contributed by atoms with E-state index in [9.17, 15) is 13.2 Å². The second kappa shape index (κ2) is 8.63. The van der Waals surface area contributed by atoms with Crippen molar-refractivity contribution >= 4 is 15.9 Å². The lowest BCUT2D eigenvalue weighted by atomic mass is 10.2. The molecular weight excluding hydrogens is 406 g/mol. The Morgan fingerprint density at radius 3 is 2.40 bits per heavy atom. The number of sulfonamides is 1. The maximum Gasteiger partial charge on any atom is 0.264 e. The van der Waals surface area contributed by atoms with E-state index in [-0.39, 0.29) is 24.0 Å². The first-order valence-corrected chi connectivity index (χ1v) is 11.3. The number of ether oxygens (including phenoxy) is 2. The standard InChI is InChI=1S/C21H25N3O5S/c1-23-10-12-24(13-11-23)30(26,27)17-8-6-16(7-9-17)14-22-21(25)20-15-28-18-4-2-3-5-19(18)29-20/h2-9,20H,10-15H2,1H3,(H,22,25). The molecule has 2 aliphatic rings. The molecule has 0 aromatic heterocycles. The lowest BCUT2D eigenvalue weighted by Crippen LogP contribution is -2.47. The zero-order chi connectivity index (χ0) is 21.1. The van der Waals surface area contributed by atoms with Crippen LogP contribution < -0.4 is 14.8 Å². The normalized spacial score (nSPS) is 20.0. The molecule has 9 heteroatoms. The second-order valence-corrected chi connectivity index (χ2v) is 9.37. The minimum Gasteiger partial charge on any atom is -0.485 e. The molecule has 1 saturated heterocycles. The largest absolute Gasteiger partial charge is 0.485 e. The number of para-hydroxylation sites is 2. The Morgan fingerprint density at radius 2 is 1.70 bits per heavy atom. The molecule has 0 saturated carbocycles. The molecule has 2 aliphatic heterocycles. The van der Waals surface area contributed by atoms with Gasteiger partial charge >= 0.3 is 0 Å². The molecule has 2 aromatic rings. The predicted octanol–water partition coefficient (Wildman–Crippen LogP) is 1.08. The Kier molecular flexibility index (Phi) is 5.94. The summed E-state index contributed by atoms with van der Waals surface area (Å²) in [5.41, 5.74) is 0.804. The Balaban J connectivity index is 1.33. The average Bonchev–Trinajstić information content (AvgIpc) is 2.77. The number of nitrogens with one attached hydrogen (secondary N) is 1. The summed E-state index contributed by atoms with van der Waals surface area (Å²) in [6.07, 6.45) is -0.725. The first-order valence-electron chi connectivity index (χ1n) is 9.87. The third kappa shape index (κ3) is 4.43. The number of benzene rings is 2. The lowest BCUT2D eigenvalue weighted by molar-refractivity contribution is -0.130. The minimum absolute atomic E-state index is 0.144. The molecule has 8 nitrogen and oxygen atoms in total.